The first-order chi connectivity index (χ1) is 9.33. The van der Waals surface area contributed by atoms with Gasteiger partial charge in [0.05, 0.1) is 0 Å². The number of allylic oxidation sites excluding steroid dienone is 1. The monoisotopic (exact) mass is 254 g/mol. The van der Waals surface area contributed by atoms with E-state index in [1.165, 1.54) is 27.6 Å². The standard InChI is InChI=1S/C16H18N2O/c1-17-8-11(10-19)7-12-5-6-13-9-18-15-4-2-3-14(12)16(13)15/h2-4,7,9-11,17-18H,5-6,8H2,1H3/b12-7+. The topological polar surface area (TPSA) is 44.9 Å². The highest BCUT2D eigenvalue weighted by Gasteiger charge is 2.18. The number of aromatic amines is 1. The maximum atomic E-state index is 11.1. The molecule has 3 nitrogen and oxygen atoms in total. The molecule has 3 heteroatoms. The fourth-order valence-electron chi connectivity index (χ4n) is 2.94. The number of hydrogen-bond donors (Lipinski definition) is 2. The van der Waals surface area contributed by atoms with Crippen LogP contribution in [0.4, 0.5) is 0 Å². The summed E-state index contributed by atoms with van der Waals surface area (Å²) in [7, 11) is 1.88. The van der Waals surface area contributed by atoms with Gasteiger partial charge < -0.3 is 15.1 Å². The van der Waals surface area contributed by atoms with Gasteiger partial charge in [0.1, 0.15) is 6.29 Å². The third-order valence-corrected chi connectivity index (χ3v) is 3.83. The maximum absolute atomic E-state index is 11.1. The smallest absolute Gasteiger partial charge is 0.128 e. The van der Waals surface area contributed by atoms with Crippen molar-refractivity contribution in [3.05, 3.63) is 41.6 Å². The Bertz CT molecular complexity index is 639. The van der Waals surface area contributed by atoms with E-state index in [1.807, 2.05) is 7.05 Å². The molecule has 3 rings (SSSR count). The van der Waals surface area contributed by atoms with Gasteiger partial charge in [-0.15, -0.1) is 0 Å². The second kappa shape index (κ2) is 5.02. The van der Waals surface area contributed by atoms with E-state index in [1.54, 1.807) is 0 Å². The zero-order chi connectivity index (χ0) is 13.2. The maximum Gasteiger partial charge on any atom is 0.128 e. The second-order valence-electron chi connectivity index (χ2n) is 5.09. The summed E-state index contributed by atoms with van der Waals surface area (Å²) in [5, 5.41) is 4.39. The average molecular weight is 254 g/mol. The van der Waals surface area contributed by atoms with Crippen LogP contribution in [0.15, 0.2) is 30.5 Å². The van der Waals surface area contributed by atoms with Gasteiger partial charge in [0.2, 0.25) is 0 Å². The van der Waals surface area contributed by atoms with Crippen molar-refractivity contribution in [2.45, 2.75) is 12.8 Å². The van der Waals surface area contributed by atoms with Crippen LogP contribution < -0.4 is 5.32 Å². The molecule has 2 N–H and O–H groups in total. The lowest BCUT2D eigenvalue weighted by Gasteiger charge is -2.17. The van der Waals surface area contributed by atoms with Crippen LogP contribution in [0.25, 0.3) is 16.5 Å². The number of H-pyrrole nitrogens is 1. The molecule has 0 fully saturated rings. The summed E-state index contributed by atoms with van der Waals surface area (Å²) in [6, 6.07) is 6.34. The van der Waals surface area contributed by atoms with Gasteiger partial charge in [0.15, 0.2) is 0 Å². The summed E-state index contributed by atoms with van der Waals surface area (Å²) in [4.78, 5) is 14.4. The van der Waals surface area contributed by atoms with Gasteiger partial charge in [-0.3, -0.25) is 0 Å². The van der Waals surface area contributed by atoms with Crippen LogP contribution >= 0.6 is 0 Å². The van der Waals surface area contributed by atoms with Crippen molar-refractivity contribution in [3.63, 3.8) is 0 Å². The molecule has 0 aliphatic heterocycles. The summed E-state index contributed by atoms with van der Waals surface area (Å²) in [5.41, 5.74) is 5.15. The van der Waals surface area contributed by atoms with Crippen molar-refractivity contribution in [3.8, 4) is 0 Å². The molecule has 1 unspecified atom stereocenters. The van der Waals surface area contributed by atoms with Crippen LogP contribution in [0.1, 0.15) is 17.5 Å². The Kier molecular flexibility index (Phi) is 3.22. The third kappa shape index (κ3) is 2.10. The molecule has 1 aromatic heterocycles. The molecule has 1 heterocycles. The van der Waals surface area contributed by atoms with Crippen LogP contribution in [-0.2, 0) is 11.2 Å². The first kappa shape index (κ1) is 12.2. The number of carbonyl (C=O) groups excluding carboxylic acids is 1. The number of aldehydes is 1. The molecular weight excluding hydrogens is 236 g/mol. The van der Waals surface area contributed by atoms with Gasteiger partial charge >= 0.3 is 0 Å². The molecule has 1 aliphatic rings. The zero-order valence-corrected chi connectivity index (χ0v) is 11.1. The van der Waals surface area contributed by atoms with Gasteiger partial charge in [0, 0.05) is 29.6 Å². The number of benzene rings is 1. The highest BCUT2D eigenvalue weighted by atomic mass is 16.1. The van der Waals surface area contributed by atoms with E-state index in [4.69, 9.17) is 0 Å². The summed E-state index contributed by atoms with van der Waals surface area (Å²) in [6.07, 6.45) is 7.31. The number of nitrogens with one attached hydrogen (secondary N) is 2. The first-order valence-electron chi connectivity index (χ1n) is 6.73. The molecule has 0 spiro atoms. The van der Waals surface area contributed by atoms with Gasteiger partial charge in [-0.1, -0.05) is 18.2 Å². The van der Waals surface area contributed by atoms with Crippen LogP contribution in [0, 0.1) is 5.92 Å². The molecule has 0 saturated carbocycles. The molecule has 0 amide bonds. The Morgan fingerprint density at radius 3 is 3.11 bits per heavy atom. The van der Waals surface area contributed by atoms with E-state index in [2.05, 4.69) is 40.8 Å². The minimum atomic E-state index is -0.0456. The molecule has 1 aliphatic carbocycles. The molecule has 0 bridgehead atoms. The average Bonchev–Trinajstić information content (AvgIpc) is 2.86. The second-order valence-corrected chi connectivity index (χ2v) is 5.09. The molecule has 0 saturated heterocycles. The summed E-state index contributed by atoms with van der Waals surface area (Å²) in [5.74, 6) is -0.0456. The molecular formula is C16H18N2O. The van der Waals surface area contributed by atoms with Crippen molar-refractivity contribution in [2.75, 3.05) is 13.6 Å². The lowest BCUT2D eigenvalue weighted by atomic mass is 9.87. The van der Waals surface area contributed by atoms with Crippen molar-refractivity contribution in [1.82, 2.24) is 10.3 Å². The fraction of sp³-hybridized carbons (Fsp3) is 0.312. The van der Waals surface area contributed by atoms with Crippen molar-refractivity contribution in [2.24, 2.45) is 5.92 Å². The lowest BCUT2D eigenvalue weighted by Crippen LogP contribution is -2.18. The first-order valence-corrected chi connectivity index (χ1v) is 6.73. The van der Waals surface area contributed by atoms with E-state index >= 15 is 0 Å². The molecule has 98 valence electrons. The number of carbonyl (C=O) groups is 1. The minimum absolute atomic E-state index is 0.0456. The van der Waals surface area contributed by atoms with E-state index < -0.39 is 0 Å². The van der Waals surface area contributed by atoms with Crippen LogP contribution in [0.2, 0.25) is 0 Å². The van der Waals surface area contributed by atoms with Crippen LogP contribution in [0.5, 0.6) is 0 Å². The molecule has 0 radical (unpaired) electrons. The Labute approximate surface area is 112 Å². The Balaban J connectivity index is 2.07. The predicted molar refractivity (Wildman–Crippen MR) is 78.1 cm³/mol. The highest BCUT2D eigenvalue weighted by molar-refractivity contribution is 5.97. The van der Waals surface area contributed by atoms with Gasteiger partial charge in [-0.25, -0.2) is 0 Å². The normalized spacial score (nSPS) is 17.8. The molecule has 2 aromatic rings. The number of hydrogen-bond acceptors (Lipinski definition) is 2. The van der Waals surface area contributed by atoms with Gasteiger partial charge in [-0.2, -0.15) is 0 Å². The minimum Gasteiger partial charge on any atom is -0.361 e. The van der Waals surface area contributed by atoms with E-state index in [-0.39, 0.29) is 5.92 Å². The molecule has 1 aromatic carbocycles. The van der Waals surface area contributed by atoms with Crippen molar-refractivity contribution >= 4 is 22.8 Å². The van der Waals surface area contributed by atoms with Crippen molar-refractivity contribution in [1.29, 1.82) is 0 Å². The lowest BCUT2D eigenvalue weighted by molar-refractivity contribution is -0.109. The highest BCUT2D eigenvalue weighted by Crippen LogP contribution is 2.36. The van der Waals surface area contributed by atoms with Crippen molar-refractivity contribution < 1.29 is 4.79 Å². The van der Waals surface area contributed by atoms with Crippen LogP contribution in [-0.4, -0.2) is 24.9 Å². The van der Waals surface area contributed by atoms with E-state index in [0.717, 1.165) is 19.1 Å². The quantitative estimate of drug-likeness (QED) is 0.824. The Morgan fingerprint density at radius 2 is 2.32 bits per heavy atom. The van der Waals surface area contributed by atoms with Crippen LogP contribution in [0.3, 0.4) is 0 Å². The SMILES string of the molecule is CNCC(C=O)/C=C1\CCc2c[nH]c3cccc1c23. The van der Waals surface area contributed by atoms with E-state index in [0.29, 0.717) is 6.54 Å². The third-order valence-electron chi connectivity index (χ3n) is 3.83. The Morgan fingerprint density at radius 1 is 1.42 bits per heavy atom. The van der Waals surface area contributed by atoms with Gasteiger partial charge in [0.25, 0.3) is 0 Å². The predicted octanol–water partition coefficient (Wildman–Crippen LogP) is 2.53. The molecule has 19 heavy (non-hydrogen) atoms. The van der Waals surface area contributed by atoms with Gasteiger partial charge in [-0.05, 0) is 42.7 Å². The molecule has 1 atom stereocenters. The number of aryl methyl sites for hydroxylation is 1. The number of rotatable bonds is 4. The Hall–Kier alpha value is -1.87. The summed E-state index contributed by atoms with van der Waals surface area (Å²) >= 11 is 0. The summed E-state index contributed by atoms with van der Waals surface area (Å²) in [6.45, 7) is 0.697. The van der Waals surface area contributed by atoms with E-state index in [9.17, 15) is 4.79 Å². The summed E-state index contributed by atoms with van der Waals surface area (Å²) < 4.78 is 0. The zero-order valence-electron chi connectivity index (χ0n) is 11.1. The number of aromatic nitrogens is 1. The largest absolute Gasteiger partial charge is 0.361 e. The fourth-order valence-corrected chi connectivity index (χ4v) is 2.94.